The van der Waals surface area contributed by atoms with Gasteiger partial charge in [0.2, 0.25) is 0 Å². The highest BCUT2D eigenvalue weighted by molar-refractivity contribution is 5.68. The number of benzene rings is 1. The monoisotopic (exact) mass is 359 g/mol. The topological polar surface area (TPSA) is 93.2 Å². The van der Waals surface area contributed by atoms with Gasteiger partial charge in [0.15, 0.2) is 5.82 Å². The number of nitrogens with one attached hydrogen (secondary N) is 1. The average Bonchev–Trinajstić information content (AvgIpc) is 3.09. The number of nitrogens with zero attached hydrogens (tertiary/aromatic N) is 4. The number of aromatic amines is 1. The highest BCUT2D eigenvalue weighted by Crippen LogP contribution is 2.21. The maximum Gasteiger partial charge on any atom is 0.410 e. The van der Waals surface area contributed by atoms with Gasteiger partial charge in [-0.15, -0.1) is 5.10 Å². The molecule has 1 N–H and O–H groups in total. The first kappa shape index (κ1) is 18.2. The fraction of sp³-hybridized carbons (Fsp3) is 0.556. The number of likely N-dealkylation sites (tertiary alicyclic amines) is 1. The lowest BCUT2D eigenvalue weighted by Crippen LogP contribution is -2.44. The van der Waals surface area contributed by atoms with Gasteiger partial charge in [0.05, 0.1) is 0 Å². The second-order valence-corrected chi connectivity index (χ2v) is 7.45. The summed E-state index contributed by atoms with van der Waals surface area (Å²) < 4.78 is 11.5. The SMILES string of the molecule is CC(C)(C)OC(=O)N1CCC(Oc2ccc(Cc3nnn[nH]3)cc2)CC1. The molecular weight excluding hydrogens is 334 g/mol. The zero-order chi connectivity index (χ0) is 18.6. The summed E-state index contributed by atoms with van der Waals surface area (Å²) in [5.41, 5.74) is 0.643. The van der Waals surface area contributed by atoms with E-state index < -0.39 is 5.60 Å². The van der Waals surface area contributed by atoms with Crippen LogP contribution in [0.25, 0.3) is 0 Å². The van der Waals surface area contributed by atoms with Gasteiger partial charge in [-0.3, -0.25) is 0 Å². The third-order valence-electron chi connectivity index (χ3n) is 4.08. The molecule has 0 unspecified atom stereocenters. The van der Waals surface area contributed by atoms with Crippen LogP contribution in [-0.2, 0) is 11.2 Å². The first-order valence-corrected chi connectivity index (χ1v) is 8.85. The highest BCUT2D eigenvalue weighted by atomic mass is 16.6. The Bertz CT molecular complexity index is 701. The van der Waals surface area contributed by atoms with E-state index in [0.29, 0.717) is 19.5 Å². The number of H-pyrrole nitrogens is 1. The molecule has 1 saturated heterocycles. The van der Waals surface area contributed by atoms with E-state index in [-0.39, 0.29) is 12.2 Å². The minimum Gasteiger partial charge on any atom is -0.490 e. The third-order valence-corrected chi connectivity index (χ3v) is 4.08. The predicted octanol–water partition coefficient (Wildman–Crippen LogP) is 2.57. The van der Waals surface area contributed by atoms with Gasteiger partial charge in [-0.25, -0.2) is 9.89 Å². The largest absolute Gasteiger partial charge is 0.490 e. The summed E-state index contributed by atoms with van der Waals surface area (Å²) in [6.07, 6.45) is 2.11. The molecule has 1 amide bonds. The summed E-state index contributed by atoms with van der Waals surface area (Å²) in [5.74, 6) is 1.56. The van der Waals surface area contributed by atoms with Crippen molar-refractivity contribution in [2.45, 2.75) is 51.7 Å². The summed E-state index contributed by atoms with van der Waals surface area (Å²) in [6, 6.07) is 7.93. The fourth-order valence-electron chi connectivity index (χ4n) is 2.81. The third kappa shape index (κ3) is 5.18. The molecule has 3 rings (SSSR count). The van der Waals surface area contributed by atoms with Crippen LogP contribution in [0, 0.1) is 0 Å². The summed E-state index contributed by atoms with van der Waals surface area (Å²) >= 11 is 0. The van der Waals surface area contributed by atoms with Gasteiger partial charge in [0.1, 0.15) is 17.5 Å². The molecule has 1 aromatic heterocycles. The van der Waals surface area contributed by atoms with Gasteiger partial charge in [0.25, 0.3) is 0 Å². The molecule has 1 aromatic carbocycles. The van der Waals surface area contributed by atoms with Crippen molar-refractivity contribution in [1.29, 1.82) is 0 Å². The van der Waals surface area contributed by atoms with Crippen LogP contribution in [0.1, 0.15) is 45.0 Å². The summed E-state index contributed by atoms with van der Waals surface area (Å²) in [4.78, 5) is 13.8. The minimum absolute atomic E-state index is 0.109. The normalized spacial score (nSPS) is 15.7. The molecule has 1 aliphatic rings. The van der Waals surface area contributed by atoms with E-state index in [2.05, 4.69) is 20.6 Å². The van der Waals surface area contributed by atoms with Gasteiger partial charge in [-0.2, -0.15) is 0 Å². The molecule has 1 fully saturated rings. The second kappa shape index (κ2) is 7.72. The molecule has 2 aromatic rings. The number of aromatic nitrogens is 4. The van der Waals surface area contributed by atoms with Crippen LogP contribution in [-0.4, -0.2) is 56.4 Å². The van der Waals surface area contributed by atoms with E-state index in [4.69, 9.17) is 9.47 Å². The first-order chi connectivity index (χ1) is 12.4. The number of carbonyl (C=O) groups is 1. The van der Waals surface area contributed by atoms with Crippen LogP contribution in [0.3, 0.4) is 0 Å². The molecule has 0 spiro atoms. The second-order valence-electron chi connectivity index (χ2n) is 7.45. The van der Waals surface area contributed by atoms with Gasteiger partial charge >= 0.3 is 6.09 Å². The molecule has 0 bridgehead atoms. The molecule has 26 heavy (non-hydrogen) atoms. The smallest absolute Gasteiger partial charge is 0.410 e. The lowest BCUT2D eigenvalue weighted by atomic mass is 10.1. The van der Waals surface area contributed by atoms with Gasteiger partial charge in [0, 0.05) is 32.4 Å². The van der Waals surface area contributed by atoms with E-state index in [1.54, 1.807) is 4.90 Å². The molecule has 0 saturated carbocycles. The van der Waals surface area contributed by atoms with Crippen LogP contribution < -0.4 is 4.74 Å². The number of piperidine rings is 1. The van der Waals surface area contributed by atoms with Crippen LogP contribution in [0.2, 0.25) is 0 Å². The molecular formula is C18H25N5O3. The molecule has 2 heterocycles. The van der Waals surface area contributed by atoms with Gasteiger partial charge < -0.3 is 14.4 Å². The average molecular weight is 359 g/mol. The molecule has 0 aliphatic carbocycles. The number of hydrogen-bond acceptors (Lipinski definition) is 6. The van der Waals surface area contributed by atoms with Crippen molar-refractivity contribution in [2.75, 3.05) is 13.1 Å². The standard InChI is InChI=1S/C18H25N5O3/c1-18(2,3)26-17(24)23-10-8-15(9-11-23)25-14-6-4-13(5-7-14)12-16-19-21-22-20-16/h4-7,15H,8-12H2,1-3H3,(H,19,20,21,22). The number of tetrazole rings is 1. The molecule has 0 atom stereocenters. The number of amides is 1. The van der Waals surface area contributed by atoms with Gasteiger partial charge in [-0.05, 0) is 48.9 Å². The molecule has 140 valence electrons. The van der Waals surface area contributed by atoms with Crippen molar-refractivity contribution in [3.8, 4) is 5.75 Å². The van der Waals surface area contributed by atoms with E-state index in [1.807, 2.05) is 45.0 Å². The van der Waals surface area contributed by atoms with Crippen LogP contribution in [0.5, 0.6) is 5.75 Å². The number of rotatable bonds is 4. The number of carbonyl (C=O) groups excluding carboxylic acids is 1. The van der Waals surface area contributed by atoms with E-state index in [0.717, 1.165) is 30.0 Å². The Labute approximate surface area is 152 Å². The van der Waals surface area contributed by atoms with Crippen LogP contribution >= 0.6 is 0 Å². The fourth-order valence-corrected chi connectivity index (χ4v) is 2.81. The van der Waals surface area contributed by atoms with Crippen molar-refractivity contribution < 1.29 is 14.3 Å². The maximum absolute atomic E-state index is 12.1. The Hall–Kier alpha value is -2.64. The van der Waals surface area contributed by atoms with Crippen LogP contribution in [0.4, 0.5) is 4.79 Å². The van der Waals surface area contributed by atoms with E-state index in [9.17, 15) is 4.79 Å². The summed E-state index contributed by atoms with van der Waals surface area (Å²) in [7, 11) is 0. The Morgan fingerprint density at radius 3 is 2.50 bits per heavy atom. The minimum atomic E-state index is -0.464. The zero-order valence-electron chi connectivity index (χ0n) is 15.4. The zero-order valence-corrected chi connectivity index (χ0v) is 15.4. The lowest BCUT2D eigenvalue weighted by molar-refractivity contribution is 0.0126. The summed E-state index contributed by atoms with van der Waals surface area (Å²) in [5, 5.41) is 13.8. The first-order valence-electron chi connectivity index (χ1n) is 8.85. The Morgan fingerprint density at radius 2 is 1.92 bits per heavy atom. The van der Waals surface area contributed by atoms with Crippen LogP contribution in [0.15, 0.2) is 24.3 Å². The van der Waals surface area contributed by atoms with Crippen molar-refractivity contribution in [3.05, 3.63) is 35.7 Å². The Balaban J connectivity index is 1.46. The van der Waals surface area contributed by atoms with Gasteiger partial charge in [-0.1, -0.05) is 12.1 Å². The molecule has 0 radical (unpaired) electrons. The number of ether oxygens (including phenoxy) is 2. The van der Waals surface area contributed by atoms with E-state index in [1.165, 1.54) is 0 Å². The Morgan fingerprint density at radius 1 is 1.23 bits per heavy atom. The quantitative estimate of drug-likeness (QED) is 0.902. The molecule has 1 aliphatic heterocycles. The molecule has 8 heteroatoms. The predicted molar refractivity (Wildman–Crippen MR) is 94.9 cm³/mol. The summed E-state index contributed by atoms with van der Waals surface area (Å²) in [6.45, 7) is 6.93. The number of hydrogen-bond donors (Lipinski definition) is 1. The van der Waals surface area contributed by atoms with Crippen molar-refractivity contribution >= 4 is 6.09 Å². The van der Waals surface area contributed by atoms with Crippen molar-refractivity contribution in [2.24, 2.45) is 0 Å². The Kier molecular flexibility index (Phi) is 5.39. The van der Waals surface area contributed by atoms with Crippen molar-refractivity contribution in [1.82, 2.24) is 25.5 Å². The lowest BCUT2D eigenvalue weighted by Gasteiger charge is -2.33. The highest BCUT2D eigenvalue weighted by Gasteiger charge is 2.27. The van der Waals surface area contributed by atoms with E-state index >= 15 is 0 Å². The maximum atomic E-state index is 12.1. The van der Waals surface area contributed by atoms with Crippen molar-refractivity contribution in [3.63, 3.8) is 0 Å². The molecule has 8 nitrogen and oxygen atoms in total.